The molecule has 102 valence electrons. The maximum atomic E-state index is 9.82. The monoisotopic (exact) mass is 251 g/mol. The van der Waals surface area contributed by atoms with Gasteiger partial charge in [-0.3, -0.25) is 0 Å². The molecule has 18 heavy (non-hydrogen) atoms. The molecule has 1 aromatic carbocycles. The fourth-order valence-electron chi connectivity index (χ4n) is 1.88. The summed E-state index contributed by atoms with van der Waals surface area (Å²) in [6.07, 6.45) is 0.749. The third-order valence-corrected chi connectivity index (χ3v) is 3.17. The minimum Gasteiger partial charge on any atom is -0.391 e. The molecule has 2 atom stereocenters. The maximum Gasteiger partial charge on any atom is 0.0712 e. The number of hydrogen-bond donors (Lipinski definition) is 2. The number of benzene rings is 1. The summed E-state index contributed by atoms with van der Waals surface area (Å²) in [5.74, 6) is 0. The molecule has 1 aromatic rings. The molecule has 0 aromatic heterocycles. The van der Waals surface area contributed by atoms with Crippen LogP contribution < -0.4 is 4.90 Å². The van der Waals surface area contributed by atoms with Gasteiger partial charge in [-0.1, -0.05) is 26.0 Å². The summed E-state index contributed by atoms with van der Waals surface area (Å²) in [4.78, 5) is 2.06. The van der Waals surface area contributed by atoms with E-state index in [1.54, 1.807) is 0 Å². The molecule has 0 fully saturated rings. The van der Waals surface area contributed by atoms with Crippen LogP contribution >= 0.6 is 0 Å². The van der Waals surface area contributed by atoms with Crippen molar-refractivity contribution in [3.8, 4) is 0 Å². The third kappa shape index (κ3) is 4.67. The zero-order valence-corrected chi connectivity index (χ0v) is 11.6. The third-order valence-electron chi connectivity index (χ3n) is 3.17. The van der Waals surface area contributed by atoms with Gasteiger partial charge in [-0.15, -0.1) is 0 Å². The number of aliphatic hydroxyl groups excluding tert-OH is 2. The van der Waals surface area contributed by atoms with Gasteiger partial charge in [-0.05, 0) is 37.5 Å². The van der Waals surface area contributed by atoms with E-state index in [9.17, 15) is 10.2 Å². The van der Waals surface area contributed by atoms with Gasteiger partial charge < -0.3 is 15.1 Å². The van der Waals surface area contributed by atoms with E-state index in [-0.39, 0.29) is 12.2 Å². The normalized spacial score (nSPS) is 14.3. The van der Waals surface area contributed by atoms with Crippen LogP contribution in [0.4, 0.5) is 5.69 Å². The van der Waals surface area contributed by atoms with E-state index in [4.69, 9.17) is 0 Å². The molecule has 0 bridgehead atoms. The van der Waals surface area contributed by atoms with Crippen LogP contribution in [-0.2, 0) is 0 Å². The summed E-state index contributed by atoms with van der Waals surface area (Å²) in [7, 11) is 0. The van der Waals surface area contributed by atoms with Crippen LogP contribution in [0.2, 0.25) is 0 Å². The van der Waals surface area contributed by atoms with E-state index in [0.29, 0.717) is 13.1 Å². The molecule has 0 aliphatic rings. The Hall–Kier alpha value is -1.06. The quantitative estimate of drug-likeness (QED) is 0.782. The molecule has 0 heterocycles. The van der Waals surface area contributed by atoms with Gasteiger partial charge in [0.2, 0.25) is 0 Å². The Kier molecular flexibility index (Phi) is 6.16. The van der Waals surface area contributed by atoms with Crippen molar-refractivity contribution >= 4 is 5.69 Å². The highest BCUT2D eigenvalue weighted by Gasteiger charge is 2.14. The summed E-state index contributed by atoms with van der Waals surface area (Å²) >= 11 is 0. The minimum atomic E-state index is -0.352. The van der Waals surface area contributed by atoms with Gasteiger partial charge in [-0.2, -0.15) is 0 Å². The smallest absolute Gasteiger partial charge is 0.0712 e. The Morgan fingerprint density at radius 3 is 2.06 bits per heavy atom. The van der Waals surface area contributed by atoms with Gasteiger partial charge in [-0.25, -0.2) is 0 Å². The van der Waals surface area contributed by atoms with Gasteiger partial charge in [0, 0.05) is 18.8 Å². The molecule has 1 rings (SSSR count). The fraction of sp³-hybridized carbons (Fsp3) is 0.600. The topological polar surface area (TPSA) is 43.7 Å². The minimum absolute atomic E-state index is 0.352. The molecule has 3 nitrogen and oxygen atoms in total. The number of aryl methyl sites for hydroxylation is 1. The molecule has 0 saturated carbocycles. The Bertz CT molecular complexity index is 342. The second-order valence-corrected chi connectivity index (χ2v) is 4.87. The number of rotatable bonds is 7. The van der Waals surface area contributed by atoms with E-state index in [0.717, 1.165) is 18.5 Å². The second-order valence-electron chi connectivity index (χ2n) is 4.87. The number of anilines is 1. The lowest BCUT2D eigenvalue weighted by Crippen LogP contribution is -2.37. The molecule has 0 spiro atoms. The molecule has 0 amide bonds. The zero-order valence-electron chi connectivity index (χ0n) is 11.6. The molecule has 2 N–H and O–H groups in total. The number of aliphatic hydroxyl groups is 2. The Morgan fingerprint density at radius 2 is 1.61 bits per heavy atom. The second kappa shape index (κ2) is 7.39. The van der Waals surface area contributed by atoms with Crippen molar-refractivity contribution in [2.24, 2.45) is 0 Å². The van der Waals surface area contributed by atoms with Crippen molar-refractivity contribution in [1.29, 1.82) is 0 Å². The molecule has 0 radical (unpaired) electrons. The average molecular weight is 251 g/mol. The summed E-state index contributed by atoms with van der Waals surface area (Å²) in [6.45, 7) is 7.12. The molecule has 2 unspecified atom stereocenters. The lowest BCUT2D eigenvalue weighted by molar-refractivity contribution is 0.154. The van der Waals surface area contributed by atoms with E-state index in [2.05, 4.69) is 11.0 Å². The van der Waals surface area contributed by atoms with Crippen molar-refractivity contribution in [2.45, 2.75) is 45.8 Å². The van der Waals surface area contributed by atoms with Gasteiger partial charge in [0.05, 0.1) is 12.2 Å². The van der Waals surface area contributed by atoms with Gasteiger partial charge in [0.15, 0.2) is 0 Å². The van der Waals surface area contributed by atoms with Crippen molar-refractivity contribution < 1.29 is 10.2 Å². The van der Waals surface area contributed by atoms with Crippen LogP contribution in [-0.4, -0.2) is 35.5 Å². The van der Waals surface area contributed by atoms with Crippen LogP contribution in [0.15, 0.2) is 24.3 Å². The highest BCUT2D eigenvalue weighted by Crippen LogP contribution is 2.17. The van der Waals surface area contributed by atoms with Crippen LogP contribution in [0.3, 0.4) is 0 Å². The average Bonchev–Trinajstić information content (AvgIpc) is 2.37. The first-order valence-corrected chi connectivity index (χ1v) is 6.74. The van der Waals surface area contributed by atoms with E-state index in [1.807, 2.05) is 39.0 Å². The predicted octanol–water partition coefficient (Wildman–Crippen LogP) is 2.34. The lowest BCUT2D eigenvalue weighted by atomic mass is 10.1. The molecular weight excluding hydrogens is 226 g/mol. The van der Waals surface area contributed by atoms with E-state index in [1.165, 1.54) is 5.56 Å². The summed E-state index contributed by atoms with van der Waals surface area (Å²) in [6, 6.07) is 8.17. The number of hydrogen-bond acceptors (Lipinski definition) is 3. The molecule has 3 heteroatoms. The van der Waals surface area contributed by atoms with Crippen molar-refractivity contribution in [2.75, 3.05) is 18.0 Å². The van der Waals surface area contributed by atoms with Crippen molar-refractivity contribution in [1.82, 2.24) is 0 Å². The van der Waals surface area contributed by atoms with Gasteiger partial charge in [0.1, 0.15) is 0 Å². The maximum absolute atomic E-state index is 9.82. The summed E-state index contributed by atoms with van der Waals surface area (Å²) in [5, 5.41) is 19.6. The van der Waals surface area contributed by atoms with Gasteiger partial charge >= 0.3 is 0 Å². The first-order chi connectivity index (χ1) is 8.56. The first kappa shape index (κ1) is 15.0. The largest absolute Gasteiger partial charge is 0.391 e. The van der Waals surface area contributed by atoms with Crippen molar-refractivity contribution in [3.05, 3.63) is 29.8 Å². The van der Waals surface area contributed by atoms with Crippen LogP contribution in [0.25, 0.3) is 0 Å². The fourth-order valence-corrected chi connectivity index (χ4v) is 1.88. The van der Waals surface area contributed by atoms with Crippen LogP contribution in [0, 0.1) is 6.92 Å². The highest BCUT2D eigenvalue weighted by molar-refractivity contribution is 5.48. The SMILES string of the molecule is CCC(O)CN(CC(O)CC)c1cccc(C)c1. The lowest BCUT2D eigenvalue weighted by Gasteiger charge is -2.29. The number of nitrogens with zero attached hydrogens (tertiary/aromatic N) is 1. The van der Waals surface area contributed by atoms with Crippen molar-refractivity contribution in [3.63, 3.8) is 0 Å². The van der Waals surface area contributed by atoms with E-state index < -0.39 is 0 Å². The molecule has 0 aliphatic heterocycles. The molecular formula is C15H25NO2. The van der Waals surface area contributed by atoms with Crippen LogP contribution in [0.5, 0.6) is 0 Å². The predicted molar refractivity (Wildman–Crippen MR) is 76.0 cm³/mol. The summed E-state index contributed by atoms with van der Waals surface area (Å²) in [5.41, 5.74) is 2.25. The highest BCUT2D eigenvalue weighted by atomic mass is 16.3. The van der Waals surface area contributed by atoms with Gasteiger partial charge in [0.25, 0.3) is 0 Å². The van der Waals surface area contributed by atoms with E-state index >= 15 is 0 Å². The Morgan fingerprint density at radius 1 is 1.06 bits per heavy atom. The van der Waals surface area contributed by atoms with Crippen LogP contribution in [0.1, 0.15) is 32.3 Å². The Balaban J connectivity index is 2.82. The molecule has 0 aliphatic carbocycles. The first-order valence-electron chi connectivity index (χ1n) is 6.74. The molecule has 0 saturated heterocycles. The standard InChI is InChI=1S/C15H25NO2/c1-4-14(17)10-16(11-15(18)5-2)13-8-6-7-12(3)9-13/h6-9,14-15,17-18H,4-5,10-11H2,1-3H3. The zero-order chi connectivity index (χ0) is 13.5. The Labute approximate surface area is 110 Å². The summed E-state index contributed by atoms with van der Waals surface area (Å²) < 4.78 is 0.